The molecule has 0 amide bonds. The zero-order valence-corrected chi connectivity index (χ0v) is 14.7. The van der Waals surface area contributed by atoms with Gasteiger partial charge in [0.2, 0.25) is 0 Å². The molecule has 2 atom stereocenters. The Hall–Kier alpha value is -0.960. The van der Waals surface area contributed by atoms with Crippen LogP contribution in [-0.4, -0.2) is 65.5 Å². The predicted molar refractivity (Wildman–Crippen MR) is 87.2 cm³/mol. The smallest absolute Gasteiger partial charge is 0.282 e. The summed E-state index contributed by atoms with van der Waals surface area (Å²) < 4.78 is 36.8. The molecule has 2 aliphatic rings. The van der Waals surface area contributed by atoms with Crippen molar-refractivity contribution in [2.75, 3.05) is 26.7 Å². The van der Waals surface area contributed by atoms with Gasteiger partial charge in [0.1, 0.15) is 5.82 Å². The Labute approximate surface area is 138 Å². The minimum atomic E-state index is -3.42. The number of aromatic nitrogens is 2. The molecule has 0 aliphatic carbocycles. The first-order chi connectivity index (χ1) is 11.0. The number of ether oxygens (including phenoxy) is 1. The first-order valence-electron chi connectivity index (χ1n) is 8.30. The maximum atomic E-state index is 13.0. The monoisotopic (exact) mass is 342 g/mol. The van der Waals surface area contributed by atoms with Crippen molar-refractivity contribution in [3.05, 3.63) is 18.2 Å². The van der Waals surface area contributed by atoms with E-state index in [-0.39, 0.29) is 12.1 Å². The summed E-state index contributed by atoms with van der Waals surface area (Å²) >= 11 is 0. The second-order valence-electron chi connectivity index (χ2n) is 6.40. The minimum absolute atomic E-state index is 0.00970. The van der Waals surface area contributed by atoms with E-state index in [9.17, 15) is 8.42 Å². The number of piperidine rings is 1. The molecule has 2 saturated heterocycles. The number of aryl methyl sites for hydroxylation is 1. The lowest BCUT2D eigenvalue weighted by molar-refractivity contribution is 0.0550. The Balaban J connectivity index is 1.74. The van der Waals surface area contributed by atoms with Crippen molar-refractivity contribution in [1.29, 1.82) is 0 Å². The van der Waals surface area contributed by atoms with E-state index in [4.69, 9.17) is 4.74 Å². The summed E-state index contributed by atoms with van der Waals surface area (Å²) in [5.41, 5.74) is 0. The van der Waals surface area contributed by atoms with Crippen molar-refractivity contribution in [2.45, 2.75) is 51.3 Å². The zero-order chi connectivity index (χ0) is 16.4. The number of hydrogen-bond donors (Lipinski definition) is 0. The fourth-order valence-corrected chi connectivity index (χ4v) is 5.49. The third-order valence-electron chi connectivity index (χ3n) is 4.95. The molecule has 2 fully saturated rings. The molecule has 1 aromatic heterocycles. The largest absolute Gasteiger partial charge is 0.380 e. The standard InChI is InChI=1S/C15H26N4O3S/c1-13-16-7-10-17(13)11-14-5-3-9-19(14)23(20,21)18-8-4-6-15(12-18)22-2/h7,10,14-15H,3-6,8-9,11-12H2,1-2H3/t14-,15-/m0/s1. The number of rotatable bonds is 5. The lowest BCUT2D eigenvalue weighted by atomic mass is 10.1. The molecule has 130 valence electrons. The number of imidazole rings is 1. The molecule has 0 aromatic carbocycles. The van der Waals surface area contributed by atoms with Gasteiger partial charge in [-0.15, -0.1) is 0 Å². The molecule has 0 bridgehead atoms. The highest BCUT2D eigenvalue weighted by Gasteiger charge is 2.40. The fourth-order valence-electron chi connectivity index (χ4n) is 3.57. The van der Waals surface area contributed by atoms with E-state index in [0.29, 0.717) is 26.2 Å². The maximum Gasteiger partial charge on any atom is 0.282 e. The summed E-state index contributed by atoms with van der Waals surface area (Å²) in [5.74, 6) is 0.923. The second-order valence-corrected chi connectivity index (χ2v) is 8.28. The van der Waals surface area contributed by atoms with Crippen LogP contribution in [0.25, 0.3) is 0 Å². The summed E-state index contributed by atoms with van der Waals surface area (Å²) in [4.78, 5) is 4.22. The molecule has 2 aliphatic heterocycles. The van der Waals surface area contributed by atoms with Crippen LogP contribution in [0.4, 0.5) is 0 Å². The van der Waals surface area contributed by atoms with Crippen LogP contribution in [0.1, 0.15) is 31.5 Å². The second kappa shape index (κ2) is 6.88. The fraction of sp³-hybridized carbons (Fsp3) is 0.800. The molecule has 3 heterocycles. The summed E-state index contributed by atoms with van der Waals surface area (Å²) in [5, 5.41) is 0. The lowest BCUT2D eigenvalue weighted by Crippen LogP contribution is -2.51. The van der Waals surface area contributed by atoms with Crippen LogP contribution < -0.4 is 0 Å². The maximum absolute atomic E-state index is 13.0. The number of hydrogen-bond acceptors (Lipinski definition) is 4. The van der Waals surface area contributed by atoms with E-state index < -0.39 is 10.2 Å². The van der Waals surface area contributed by atoms with Crippen LogP contribution in [-0.2, 0) is 21.5 Å². The Bertz CT molecular complexity index is 630. The van der Waals surface area contributed by atoms with Crippen molar-refractivity contribution in [2.24, 2.45) is 0 Å². The van der Waals surface area contributed by atoms with Crippen LogP contribution in [0.15, 0.2) is 12.4 Å². The van der Waals surface area contributed by atoms with Gasteiger partial charge in [-0.05, 0) is 32.6 Å². The van der Waals surface area contributed by atoms with Gasteiger partial charge in [0.25, 0.3) is 10.2 Å². The van der Waals surface area contributed by atoms with Crippen LogP contribution in [0.2, 0.25) is 0 Å². The molecule has 3 rings (SSSR count). The van der Waals surface area contributed by atoms with Crippen LogP contribution in [0.3, 0.4) is 0 Å². The van der Waals surface area contributed by atoms with Gasteiger partial charge in [-0.1, -0.05) is 0 Å². The van der Waals surface area contributed by atoms with Crippen molar-refractivity contribution in [1.82, 2.24) is 18.2 Å². The average molecular weight is 342 g/mol. The Kier molecular flexibility index (Phi) is 5.05. The van der Waals surface area contributed by atoms with Crippen molar-refractivity contribution in [3.8, 4) is 0 Å². The summed E-state index contributed by atoms with van der Waals surface area (Å²) in [7, 11) is -1.76. The highest BCUT2D eigenvalue weighted by Crippen LogP contribution is 2.27. The van der Waals surface area contributed by atoms with Gasteiger partial charge >= 0.3 is 0 Å². The SMILES string of the molecule is CO[C@H]1CCCN(S(=O)(=O)N2CCC[C@H]2Cn2ccnc2C)C1. The minimum Gasteiger partial charge on any atom is -0.380 e. The van der Waals surface area contributed by atoms with Gasteiger partial charge < -0.3 is 9.30 Å². The van der Waals surface area contributed by atoms with Crippen molar-refractivity contribution < 1.29 is 13.2 Å². The van der Waals surface area contributed by atoms with E-state index in [0.717, 1.165) is 31.5 Å². The van der Waals surface area contributed by atoms with Crippen LogP contribution >= 0.6 is 0 Å². The number of nitrogens with zero attached hydrogens (tertiary/aromatic N) is 4. The van der Waals surface area contributed by atoms with Gasteiger partial charge in [-0.25, -0.2) is 4.98 Å². The van der Waals surface area contributed by atoms with Gasteiger partial charge in [0.15, 0.2) is 0 Å². The normalized spacial score (nSPS) is 27.6. The third-order valence-corrected chi connectivity index (χ3v) is 7.01. The summed E-state index contributed by atoms with van der Waals surface area (Å²) in [6.07, 6.45) is 7.29. The Morgan fingerprint density at radius 2 is 2.09 bits per heavy atom. The average Bonchev–Trinajstić information content (AvgIpc) is 3.18. The number of methoxy groups -OCH3 is 1. The Morgan fingerprint density at radius 1 is 1.30 bits per heavy atom. The summed E-state index contributed by atoms with van der Waals surface area (Å²) in [6, 6.07) is 0.0100. The Morgan fingerprint density at radius 3 is 2.78 bits per heavy atom. The van der Waals surface area contributed by atoms with E-state index in [2.05, 4.69) is 4.98 Å². The highest BCUT2D eigenvalue weighted by molar-refractivity contribution is 7.86. The molecule has 8 heteroatoms. The first-order valence-corrected chi connectivity index (χ1v) is 9.69. The molecular formula is C15H26N4O3S. The van der Waals surface area contributed by atoms with E-state index in [1.807, 2.05) is 17.7 Å². The third kappa shape index (κ3) is 3.45. The van der Waals surface area contributed by atoms with E-state index in [1.54, 1.807) is 21.9 Å². The lowest BCUT2D eigenvalue weighted by Gasteiger charge is -2.35. The first kappa shape index (κ1) is 16.9. The molecule has 0 spiro atoms. The quantitative estimate of drug-likeness (QED) is 0.801. The summed E-state index contributed by atoms with van der Waals surface area (Å²) in [6.45, 7) is 4.28. The molecule has 7 nitrogen and oxygen atoms in total. The molecule has 0 N–H and O–H groups in total. The van der Waals surface area contributed by atoms with Gasteiger partial charge in [-0.2, -0.15) is 17.0 Å². The molecular weight excluding hydrogens is 316 g/mol. The predicted octanol–water partition coefficient (Wildman–Crippen LogP) is 1.01. The van der Waals surface area contributed by atoms with Gasteiger partial charge in [0.05, 0.1) is 6.10 Å². The van der Waals surface area contributed by atoms with Gasteiger partial charge in [-0.3, -0.25) is 0 Å². The van der Waals surface area contributed by atoms with Crippen molar-refractivity contribution >= 4 is 10.2 Å². The van der Waals surface area contributed by atoms with E-state index >= 15 is 0 Å². The van der Waals surface area contributed by atoms with Crippen LogP contribution in [0, 0.1) is 6.92 Å². The topological polar surface area (TPSA) is 67.7 Å². The van der Waals surface area contributed by atoms with Crippen molar-refractivity contribution in [3.63, 3.8) is 0 Å². The van der Waals surface area contributed by atoms with Crippen LogP contribution in [0.5, 0.6) is 0 Å². The highest BCUT2D eigenvalue weighted by atomic mass is 32.2. The zero-order valence-electron chi connectivity index (χ0n) is 13.9. The molecule has 0 saturated carbocycles. The molecule has 1 aromatic rings. The van der Waals surface area contributed by atoms with E-state index in [1.165, 1.54) is 0 Å². The molecule has 0 radical (unpaired) electrons. The molecule has 23 heavy (non-hydrogen) atoms. The molecule has 0 unspecified atom stereocenters. The van der Waals surface area contributed by atoms with Gasteiger partial charge in [0, 0.05) is 51.7 Å².